The molecule has 1 aliphatic heterocycles. The van der Waals surface area contributed by atoms with Gasteiger partial charge in [-0.05, 0) is 31.2 Å². The molecule has 2 atom stereocenters. The number of carbonyl (C=O) groups excluding carboxylic acids is 2. The normalized spacial score (nSPS) is 18.6. The van der Waals surface area contributed by atoms with Crippen molar-refractivity contribution in [3.05, 3.63) is 52.8 Å². The van der Waals surface area contributed by atoms with Gasteiger partial charge in [-0.1, -0.05) is 42.6 Å². The zero-order valence-electron chi connectivity index (χ0n) is 22.7. The lowest BCUT2D eigenvalue weighted by Gasteiger charge is -2.37. The van der Waals surface area contributed by atoms with Crippen LogP contribution in [0.5, 0.6) is 11.5 Å². The number of rotatable bonds is 10. The largest absolute Gasteiger partial charge is 0.495 e. The van der Waals surface area contributed by atoms with Crippen LogP contribution in [0.25, 0.3) is 0 Å². The molecule has 1 unspecified atom stereocenters. The van der Waals surface area contributed by atoms with Gasteiger partial charge in [0, 0.05) is 29.9 Å². The molecule has 0 spiro atoms. The molecule has 14 heteroatoms. The fraction of sp³-hybridized carbons (Fsp3) is 0.370. The third-order valence-electron chi connectivity index (χ3n) is 6.93. The van der Waals surface area contributed by atoms with Crippen LogP contribution in [0, 0.1) is 5.41 Å². The van der Waals surface area contributed by atoms with Crippen LogP contribution in [-0.2, 0) is 11.3 Å². The second-order valence-corrected chi connectivity index (χ2v) is 10.2. The smallest absolute Gasteiger partial charge is 0.330 e. The lowest BCUT2D eigenvalue weighted by atomic mass is 9.90. The topological polar surface area (TPSA) is 159 Å². The van der Waals surface area contributed by atoms with Crippen LogP contribution in [0.3, 0.4) is 0 Å². The monoisotopic (exact) mass is 602 g/mol. The Hall–Kier alpha value is -4.03. The molecule has 1 fully saturated rings. The average molecular weight is 604 g/mol. The molecule has 218 valence electrons. The van der Waals surface area contributed by atoms with Crippen molar-refractivity contribution in [2.75, 3.05) is 35.9 Å². The molecule has 41 heavy (non-hydrogen) atoms. The molecule has 1 aromatic carbocycles. The van der Waals surface area contributed by atoms with E-state index < -0.39 is 6.03 Å². The first kappa shape index (κ1) is 29.9. The third kappa shape index (κ3) is 6.33. The van der Waals surface area contributed by atoms with E-state index in [1.165, 1.54) is 48.4 Å². The predicted octanol–water partition coefficient (Wildman–Crippen LogP) is 4.26. The summed E-state index contributed by atoms with van der Waals surface area (Å²) in [5.41, 5.74) is 6.36. The molecular formula is C27H32Cl2N8O4. The quantitative estimate of drug-likeness (QED) is 0.232. The number of hydrogen-bond donors (Lipinski definition) is 4. The highest BCUT2D eigenvalue weighted by atomic mass is 35.5. The molecule has 0 radical (unpaired) electrons. The number of ether oxygens (including phenoxy) is 2. The number of nitrogens with zero attached hydrogens (tertiary/aromatic N) is 4. The summed E-state index contributed by atoms with van der Waals surface area (Å²) < 4.78 is 10.8. The summed E-state index contributed by atoms with van der Waals surface area (Å²) in [5, 5.41) is 14.9. The minimum Gasteiger partial charge on any atom is -0.495 e. The zero-order chi connectivity index (χ0) is 29.7. The number of nitrogens with two attached hydrogens (primary N) is 1. The highest BCUT2D eigenvalue weighted by Gasteiger charge is 2.37. The second-order valence-electron chi connectivity index (χ2n) is 9.49. The Kier molecular flexibility index (Phi) is 9.56. The average Bonchev–Trinajstić information content (AvgIpc) is 2.96. The van der Waals surface area contributed by atoms with Crippen molar-refractivity contribution >= 4 is 58.3 Å². The Balaban J connectivity index is 1.73. The summed E-state index contributed by atoms with van der Waals surface area (Å²) in [7, 11) is 2.89. The van der Waals surface area contributed by atoms with Gasteiger partial charge in [0.25, 0.3) is 0 Å². The Morgan fingerprint density at radius 2 is 1.88 bits per heavy atom. The van der Waals surface area contributed by atoms with Gasteiger partial charge >= 0.3 is 6.03 Å². The second kappa shape index (κ2) is 13.1. The van der Waals surface area contributed by atoms with Crippen LogP contribution >= 0.6 is 23.2 Å². The van der Waals surface area contributed by atoms with Crippen LogP contribution < -0.4 is 35.6 Å². The number of amides is 3. The molecule has 1 saturated carbocycles. The van der Waals surface area contributed by atoms with Crippen molar-refractivity contribution in [1.82, 2.24) is 15.3 Å². The minimum atomic E-state index is -0.523. The van der Waals surface area contributed by atoms with Crippen LogP contribution in [-0.4, -0.2) is 60.5 Å². The van der Waals surface area contributed by atoms with Crippen LogP contribution in [0.15, 0.2) is 37.2 Å². The number of aromatic nitrogens is 2. The standard InChI is InChI=1S/C27H32Cl2N8O4/c1-4-21(38)33-17-7-5-6-8-18(17)34-26-32-12-15-13-36(24-22(28)19(40-2)11-20(41-3)23(24)29)27(39)37(25(15)35-26)14-16(31)9-10-30/h4,9-12,17-18,31H,1,5-8,13-14,30H2,2-3H3,(H,33,38)(H,32,34,35)/b10-9-,31-16?/t17-,18?/m0/s1. The lowest BCUT2D eigenvalue weighted by Crippen LogP contribution is -2.50. The van der Waals surface area contributed by atoms with E-state index in [0.717, 1.165) is 25.7 Å². The van der Waals surface area contributed by atoms with Crippen molar-refractivity contribution in [3.63, 3.8) is 0 Å². The van der Waals surface area contributed by atoms with Gasteiger partial charge in [0.15, 0.2) is 0 Å². The molecule has 2 heterocycles. The van der Waals surface area contributed by atoms with Crippen molar-refractivity contribution in [1.29, 1.82) is 5.41 Å². The van der Waals surface area contributed by atoms with Crippen molar-refractivity contribution < 1.29 is 19.1 Å². The summed E-state index contributed by atoms with van der Waals surface area (Å²) in [6, 6.07) is 0.769. The van der Waals surface area contributed by atoms with Gasteiger partial charge in [-0.3, -0.25) is 14.6 Å². The van der Waals surface area contributed by atoms with E-state index in [1.54, 1.807) is 6.20 Å². The maximum atomic E-state index is 14.0. The van der Waals surface area contributed by atoms with Crippen LogP contribution in [0.4, 0.5) is 22.2 Å². The van der Waals surface area contributed by atoms with Gasteiger partial charge in [-0.2, -0.15) is 4.98 Å². The SMILES string of the molecule is C=CC(=O)N[C@H]1CCCCC1Nc1ncc2c(n1)N(CC(=N)/C=C\N)C(=O)N(c1c(Cl)c(OC)cc(OC)c1Cl)C2. The number of halogens is 2. The molecule has 3 amide bonds. The molecule has 0 bridgehead atoms. The molecular weight excluding hydrogens is 571 g/mol. The van der Waals surface area contributed by atoms with E-state index in [2.05, 4.69) is 27.2 Å². The number of hydrogen-bond acceptors (Lipinski definition) is 9. The Bertz CT molecular complexity index is 1360. The molecule has 2 aromatic rings. The fourth-order valence-corrected chi connectivity index (χ4v) is 5.64. The van der Waals surface area contributed by atoms with Gasteiger partial charge in [-0.15, -0.1) is 0 Å². The van der Waals surface area contributed by atoms with Crippen LogP contribution in [0.2, 0.25) is 10.0 Å². The zero-order valence-corrected chi connectivity index (χ0v) is 24.3. The molecule has 0 saturated heterocycles. The summed E-state index contributed by atoms with van der Waals surface area (Å²) >= 11 is 13.3. The minimum absolute atomic E-state index is 0.0439. The predicted molar refractivity (Wildman–Crippen MR) is 160 cm³/mol. The summed E-state index contributed by atoms with van der Waals surface area (Å²) in [6.07, 6.45) is 9.04. The maximum absolute atomic E-state index is 14.0. The number of urea groups is 1. The maximum Gasteiger partial charge on any atom is 0.330 e. The number of anilines is 3. The molecule has 1 aliphatic carbocycles. The summed E-state index contributed by atoms with van der Waals surface area (Å²) in [6.45, 7) is 3.44. The van der Waals surface area contributed by atoms with Crippen molar-refractivity contribution in [2.24, 2.45) is 5.73 Å². The van der Waals surface area contributed by atoms with Gasteiger partial charge in [-0.25, -0.2) is 9.78 Å². The first-order valence-electron chi connectivity index (χ1n) is 12.9. The summed E-state index contributed by atoms with van der Waals surface area (Å²) in [4.78, 5) is 37.9. The molecule has 5 N–H and O–H groups in total. The van der Waals surface area contributed by atoms with Crippen molar-refractivity contribution in [3.8, 4) is 11.5 Å². The number of carbonyl (C=O) groups is 2. The van der Waals surface area contributed by atoms with E-state index in [9.17, 15) is 9.59 Å². The first-order valence-corrected chi connectivity index (χ1v) is 13.7. The molecule has 1 aromatic heterocycles. The van der Waals surface area contributed by atoms with Gasteiger partial charge in [0.05, 0.1) is 38.7 Å². The van der Waals surface area contributed by atoms with E-state index in [0.29, 0.717) is 17.3 Å². The Morgan fingerprint density at radius 1 is 1.22 bits per heavy atom. The van der Waals surface area contributed by atoms with E-state index in [1.807, 2.05) is 0 Å². The van der Waals surface area contributed by atoms with Gasteiger partial charge in [0.2, 0.25) is 11.9 Å². The fourth-order valence-electron chi connectivity index (χ4n) is 4.94. The highest BCUT2D eigenvalue weighted by Crippen LogP contribution is 2.48. The summed E-state index contributed by atoms with van der Waals surface area (Å²) in [5.74, 6) is 0.912. The molecule has 2 aliphatic rings. The van der Waals surface area contributed by atoms with Gasteiger partial charge in [0.1, 0.15) is 27.4 Å². The van der Waals surface area contributed by atoms with E-state index >= 15 is 0 Å². The number of benzene rings is 1. The van der Waals surface area contributed by atoms with Crippen molar-refractivity contribution in [2.45, 2.75) is 44.3 Å². The third-order valence-corrected chi connectivity index (χ3v) is 7.66. The molecule has 12 nitrogen and oxygen atoms in total. The number of fused-ring (bicyclic) bond motifs is 1. The lowest BCUT2D eigenvalue weighted by molar-refractivity contribution is -0.117. The Labute approximate surface area is 248 Å². The number of nitrogens with one attached hydrogen (secondary N) is 3. The van der Waals surface area contributed by atoms with E-state index in [4.69, 9.17) is 43.8 Å². The van der Waals surface area contributed by atoms with E-state index in [-0.39, 0.29) is 64.0 Å². The first-order chi connectivity index (χ1) is 19.7. The number of methoxy groups -OCH3 is 2. The highest BCUT2D eigenvalue weighted by molar-refractivity contribution is 6.42. The Morgan fingerprint density at radius 3 is 2.49 bits per heavy atom. The van der Waals surface area contributed by atoms with Crippen LogP contribution in [0.1, 0.15) is 31.2 Å². The van der Waals surface area contributed by atoms with Gasteiger partial charge < -0.3 is 31.3 Å². The molecule has 4 rings (SSSR count).